The summed E-state index contributed by atoms with van der Waals surface area (Å²) in [7, 11) is 0. The number of rotatable bonds is 6. The zero-order valence-electron chi connectivity index (χ0n) is 18.9. The minimum Gasteiger partial charge on any atom is -0.489 e. The molecule has 0 bridgehead atoms. The van der Waals surface area contributed by atoms with E-state index in [4.69, 9.17) is 39.1 Å². The summed E-state index contributed by atoms with van der Waals surface area (Å²) in [5.74, 6) is 3.08. The molecule has 6 nitrogen and oxygen atoms in total. The van der Waals surface area contributed by atoms with Crippen molar-refractivity contribution in [3.05, 3.63) is 75.4 Å². The maximum Gasteiger partial charge on any atom is 0.232 e. The molecule has 0 saturated carbocycles. The molecule has 0 amide bonds. The van der Waals surface area contributed by atoms with Crippen molar-refractivity contribution in [1.29, 1.82) is 5.41 Å². The van der Waals surface area contributed by atoms with Crippen LogP contribution in [0.2, 0.25) is 10.0 Å². The van der Waals surface area contributed by atoms with Gasteiger partial charge in [0.15, 0.2) is 0 Å². The number of aromatic nitrogens is 2. The highest BCUT2D eigenvalue weighted by Crippen LogP contribution is 2.44. The van der Waals surface area contributed by atoms with Gasteiger partial charge in [0.25, 0.3) is 0 Å². The van der Waals surface area contributed by atoms with Gasteiger partial charge in [-0.1, -0.05) is 23.2 Å². The third-order valence-electron chi connectivity index (χ3n) is 6.67. The molecule has 4 heterocycles. The lowest BCUT2D eigenvalue weighted by atomic mass is 9.75. The molecule has 2 fully saturated rings. The molecule has 182 valence electrons. The van der Waals surface area contributed by atoms with Crippen LogP contribution in [0.4, 0.5) is 15.9 Å². The van der Waals surface area contributed by atoms with Crippen LogP contribution >= 0.6 is 35.0 Å². The summed E-state index contributed by atoms with van der Waals surface area (Å²) in [4.78, 5) is 10.4. The number of nitrogens with zero attached hydrogens (tertiary/aromatic N) is 3. The Hall–Kier alpha value is -2.55. The molecule has 10 heteroatoms. The molecule has 0 atom stereocenters. The first-order chi connectivity index (χ1) is 16.8. The number of ether oxygens (including phenoxy) is 1. The van der Waals surface area contributed by atoms with E-state index in [-0.39, 0.29) is 22.4 Å². The van der Waals surface area contributed by atoms with E-state index in [0.717, 1.165) is 18.9 Å². The van der Waals surface area contributed by atoms with Gasteiger partial charge in [0, 0.05) is 53.3 Å². The summed E-state index contributed by atoms with van der Waals surface area (Å²) in [6.07, 6.45) is 5.47. The van der Waals surface area contributed by atoms with Gasteiger partial charge in [0.2, 0.25) is 5.95 Å². The maximum absolute atomic E-state index is 13.7. The van der Waals surface area contributed by atoms with E-state index in [1.165, 1.54) is 30.5 Å². The predicted octanol–water partition coefficient (Wildman–Crippen LogP) is 5.83. The molecular formula is C25H24Cl2FN5OS. The lowest BCUT2D eigenvalue weighted by Crippen LogP contribution is -2.58. The second-order valence-electron chi connectivity index (χ2n) is 8.98. The van der Waals surface area contributed by atoms with Gasteiger partial charge >= 0.3 is 0 Å². The lowest BCUT2D eigenvalue weighted by Gasteiger charge is -2.52. The van der Waals surface area contributed by atoms with Crippen LogP contribution in [0, 0.1) is 16.8 Å². The largest absolute Gasteiger partial charge is 0.489 e. The molecule has 35 heavy (non-hydrogen) atoms. The average molecular weight is 532 g/mol. The number of nitrogens with one attached hydrogen (secondary N) is 1. The molecule has 0 aliphatic carbocycles. The van der Waals surface area contributed by atoms with Crippen LogP contribution in [0.1, 0.15) is 29.5 Å². The zero-order chi connectivity index (χ0) is 24.6. The molecule has 1 spiro atoms. The van der Waals surface area contributed by atoms with E-state index >= 15 is 0 Å². The average Bonchev–Trinajstić information content (AvgIpc) is 2.86. The number of pyridine rings is 2. The van der Waals surface area contributed by atoms with Crippen molar-refractivity contribution in [1.82, 2.24) is 9.97 Å². The molecule has 0 radical (unpaired) electrons. The van der Waals surface area contributed by atoms with Gasteiger partial charge in [0.1, 0.15) is 23.2 Å². The Labute approximate surface area is 217 Å². The Morgan fingerprint density at radius 2 is 1.91 bits per heavy atom. The highest BCUT2D eigenvalue weighted by Gasteiger charge is 2.44. The smallest absolute Gasteiger partial charge is 0.232 e. The molecule has 2 aromatic heterocycles. The molecule has 3 aromatic rings. The van der Waals surface area contributed by atoms with Gasteiger partial charge < -0.3 is 15.4 Å². The Morgan fingerprint density at radius 1 is 1.14 bits per heavy atom. The molecule has 2 aliphatic heterocycles. The molecule has 1 aromatic carbocycles. The maximum atomic E-state index is 13.7. The highest BCUT2D eigenvalue weighted by atomic mass is 35.5. The van der Waals surface area contributed by atoms with Crippen molar-refractivity contribution in [3.63, 3.8) is 0 Å². The van der Waals surface area contributed by atoms with Gasteiger partial charge in [-0.3, -0.25) is 5.41 Å². The molecule has 3 N–H and O–H groups in total. The van der Waals surface area contributed by atoms with Crippen molar-refractivity contribution in [2.45, 2.75) is 19.4 Å². The number of anilines is 2. The standard InChI is InChI=1S/C25H24Cl2FN5OS/c26-19-11-32-24(28)22(27)18(19)12-34-16-2-3-20(29)17(9-16)23(30)15-1-4-21(31-10-15)33-13-25(14-33)5-7-35-8-6-25/h1-4,9-11,30H,5-8,12-14,29H2. The second-order valence-corrected chi connectivity index (χ2v) is 11.0. The summed E-state index contributed by atoms with van der Waals surface area (Å²) in [5.41, 5.74) is 8.77. The number of benzene rings is 1. The summed E-state index contributed by atoms with van der Waals surface area (Å²) in [6.45, 7) is 2.05. The Balaban J connectivity index is 1.27. The predicted molar refractivity (Wildman–Crippen MR) is 141 cm³/mol. The number of hydrogen-bond donors (Lipinski definition) is 2. The summed E-state index contributed by atoms with van der Waals surface area (Å²) in [5, 5.41) is 8.73. The third kappa shape index (κ3) is 4.92. The van der Waals surface area contributed by atoms with E-state index in [1.807, 2.05) is 23.9 Å². The Bertz CT molecular complexity index is 1260. The third-order valence-corrected chi connectivity index (χ3v) is 8.36. The number of halogens is 3. The highest BCUT2D eigenvalue weighted by molar-refractivity contribution is 7.99. The van der Waals surface area contributed by atoms with Crippen LogP contribution < -0.4 is 15.4 Å². The van der Waals surface area contributed by atoms with Crippen LogP contribution in [-0.2, 0) is 6.61 Å². The van der Waals surface area contributed by atoms with Crippen molar-refractivity contribution in [3.8, 4) is 5.75 Å². The van der Waals surface area contributed by atoms with Gasteiger partial charge in [0.05, 0.1) is 10.7 Å². The van der Waals surface area contributed by atoms with Crippen molar-refractivity contribution < 1.29 is 9.13 Å². The van der Waals surface area contributed by atoms with Crippen LogP contribution in [0.3, 0.4) is 0 Å². The van der Waals surface area contributed by atoms with E-state index < -0.39 is 5.95 Å². The number of thioether (sulfide) groups is 1. The van der Waals surface area contributed by atoms with E-state index in [0.29, 0.717) is 33.5 Å². The van der Waals surface area contributed by atoms with Crippen molar-refractivity contribution >= 4 is 52.2 Å². The van der Waals surface area contributed by atoms with Crippen LogP contribution in [0.5, 0.6) is 5.75 Å². The fourth-order valence-corrected chi connectivity index (χ4v) is 6.34. The molecule has 2 saturated heterocycles. The molecular weight excluding hydrogens is 508 g/mol. The summed E-state index contributed by atoms with van der Waals surface area (Å²) < 4.78 is 19.5. The monoisotopic (exact) mass is 531 g/mol. The molecule has 2 aliphatic rings. The minimum absolute atomic E-state index is 0.0555. The molecule has 5 rings (SSSR count). The topological polar surface area (TPSA) is 88.1 Å². The Morgan fingerprint density at radius 3 is 2.63 bits per heavy atom. The van der Waals surface area contributed by atoms with Gasteiger partial charge in [-0.05, 0) is 54.7 Å². The SMILES string of the molecule is N=C(c1ccc(N2CC3(CCSCC3)C2)nc1)c1cc(OCc2c(Cl)cnc(F)c2Cl)ccc1N. The fourth-order valence-electron chi connectivity index (χ4n) is 4.53. The van der Waals surface area contributed by atoms with Crippen LogP contribution in [-0.4, -0.2) is 40.3 Å². The Kier molecular flexibility index (Phi) is 6.79. The van der Waals surface area contributed by atoms with Gasteiger partial charge in [-0.25, -0.2) is 9.97 Å². The zero-order valence-corrected chi connectivity index (χ0v) is 21.2. The van der Waals surface area contributed by atoms with E-state index in [9.17, 15) is 4.39 Å². The van der Waals surface area contributed by atoms with Gasteiger partial charge in [-0.2, -0.15) is 16.2 Å². The lowest BCUT2D eigenvalue weighted by molar-refractivity contribution is 0.192. The number of hydrogen-bond acceptors (Lipinski definition) is 7. The summed E-state index contributed by atoms with van der Waals surface area (Å²) >= 11 is 14.1. The summed E-state index contributed by atoms with van der Waals surface area (Å²) in [6, 6.07) is 8.88. The minimum atomic E-state index is -0.809. The second kappa shape index (κ2) is 9.84. The molecule has 0 unspecified atom stereocenters. The normalized spacial score (nSPS) is 16.7. The van der Waals surface area contributed by atoms with E-state index in [1.54, 1.807) is 24.4 Å². The van der Waals surface area contributed by atoms with Gasteiger partial charge in [-0.15, -0.1) is 0 Å². The first-order valence-corrected chi connectivity index (χ1v) is 13.1. The first kappa shape index (κ1) is 24.2. The quantitative estimate of drug-likeness (QED) is 0.236. The number of nitrogens with two attached hydrogens (primary N) is 1. The number of nitrogen functional groups attached to an aromatic ring is 1. The van der Waals surface area contributed by atoms with Crippen molar-refractivity contribution in [2.75, 3.05) is 35.2 Å². The van der Waals surface area contributed by atoms with Crippen molar-refractivity contribution in [2.24, 2.45) is 5.41 Å². The van der Waals surface area contributed by atoms with Crippen LogP contribution in [0.15, 0.2) is 42.7 Å². The first-order valence-electron chi connectivity index (χ1n) is 11.2. The van der Waals surface area contributed by atoms with E-state index in [2.05, 4.69) is 14.9 Å². The fraction of sp³-hybridized carbons (Fsp3) is 0.320. The van der Waals surface area contributed by atoms with Crippen LogP contribution in [0.25, 0.3) is 0 Å².